The third kappa shape index (κ3) is 2.68. The summed E-state index contributed by atoms with van der Waals surface area (Å²) in [6, 6.07) is 0.194. The smallest absolute Gasteiger partial charge is 0.228 e. The molecule has 15 heavy (non-hydrogen) atoms. The van der Waals surface area contributed by atoms with Crippen molar-refractivity contribution in [2.75, 3.05) is 18.5 Å². The first kappa shape index (κ1) is 10.9. The minimum Gasteiger partial charge on any atom is -0.379 e. The summed E-state index contributed by atoms with van der Waals surface area (Å²) in [5, 5.41) is 3.29. The molecule has 1 aliphatic rings. The number of halogens is 2. The highest BCUT2D eigenvalue weighted by Crippen LogP contribution is 2.17. The lowest BCUT2D eigenvalue weighted by Gasteiger charge is -2.14. The Hall–Kier alpha value is -0.650. The molecule has 2 atom stereocenters. The van der Waals surface area contributed by atoms with Gasteiger partial charge in [0.2, 0.25) is 16.5 Å². The standard InChI is InChI=1S/C8H10Cl2N4O/c1-4-2-15-3-5(4)11-8-13-6(9)12-7(10)14-8/h4-5H,2-3H2,1H3,(H,11,12,13,14)/t4-,5?/m0/s1. The van der Waals surface area contributed by atoms with E-state index in [0.717, 1.165) is 6.61 Å². The molecule has 0 bridgehead atoms. The maximum absolute atomic E-state index is 5.65. The molecular formula is C8H10Cl2N4O. The largest absolute Gasteiger partial charge is 0.379 e. The van der Waals surface area contributed by atoms with E-state index in [1.165, 1.54) is 0 Å². The Morgan fingerprint density at radius 3 is 2.40 bits per heavy atom. The minimum atomic E-state index is 0.0871. The summed E-state index contributed by atoms with van der Waals surface area (Å²) in [7, 11) is 0. The number of nitrogens with one attached hydrogen (secondary N) is 1. The maximum atomic E-state index is 5.65. The van der Waals surface area contributed by atoms with Crippen molar-refractivity contribution in [3.8, 4) is 0 Å². The first-order valence-electron chi connectivity index (χ1n) is 4.56. The summed E-state index contributed by atoms with van der Waals surface area (Å²) in [6.07, 6.45) is 0. The Kier molecular flexibility index (Phi) is 3.23. The second-order valence-electron chi connectivity index (χ2n) is 3.46. The molecule has 2 rings (SSSR count). The van der Waals surface area contributed by atoms with Crippen LogP contribution < -0.4 is 5.32 Å². The predicted octanol–water partition coefficient (Wildman–Crippen LogP) is 1.63. The quantitative estimate of drug-likeness (QED) is 0.863. The molecule has 2 heterocycles. The van der Waals surface area contributed by atoms with Crippen LogP contribution in [0.2, 0.25) is 10.6 Å². The molecule has 7 heteroatoms. The molecule has 0 radical (unpaired) electrons. The molecule has 1 unspecified atom stereocenters. The van der Waals surface area contributed by atoms with Crippen molar-refractivity contribution in [3.63, 3.8) is 0 Å². The zero-order valence-electron chi connectivity index (χ0n) is 8.07. The van der Waals surface area contributed by atoms with Crippen LogP contribution in [0.4, 0.5) is 5.95 Å². The molecule has 0 aliphatic carbocycles. The lowest BCUT2D eigenvalue weighted by Crippen LogP contribution is -2.27. The molecular weight excluding hydrogens is 239 g/mol. The number of nitrogens with zero attached hydrogens (tertiary/aromatic N) is 3. The summed E-state index contributed by atoms with van der Waals surface area (Å²) in [5.41, 5.74) is 0. The summed E-state index contributed by atoms with van der Waals surface area (Å²) < 4.78 is 5.30. The average Bonchev–Trinajstić information content (AvgIpc) is 2.50. The van der Waals surface area contributed by atoms with Crippen molar-refractivity contribution in [2.45, 2.75) is 13.0 Å². The Balaban J connectivity index is 2.10. The Morgan fingerprint density at radius 1 is 1.20 bits per heavy atom. The van der Waals surface area contributed by atoms with Crippen LogP contribution in [-0.2, 0) is 4.74 Å². The fourth-order valence-corrected chi connectivity index (χ4v) is 1.77. The number of anilines is 1. The van der Waals surface area contributed by atoms with Gasteiger partial charge in [-0.05, 0) is 23.2 Å². The van der Waals surface area contributed by atoms with E-state index in [1.54, 1.807) is 0 Å². The summed E-state index contributed by atoms with van der Waals surface area (Å²) in [5.74, 6) is 0.807. The third-order valence-electron chi connectivity index (χ3n) is 2.26. The molecule has 5 nitrogen and oxygen atoms in total. The van der Waals surface area contributed by atoms with Crippen LogP contribution in [0, 0.1) is 5.92 Å². The first-order valence-corrected chi connectivity index (χ1v) is 5.32. The molecule has 1 N–H and O–H groups in total. The summed E-state index contributed by atoms with van der Waals surface area (Å²) >= 11 is 11.3. The highest BCUT2D eigenvalue weighted by atomic mass is 35.5. The highest BCUT2D eigenvalue weighted by Gasteiger charge is 2.24. The van der Waals surface area contributed by atoms with Gasteiger partial charge < -0.3 is 10.1 Å². The predicted molar refractivity (Wildman–Crippen MR) is 57.2 cm³/mol. The van der Waals surface area contributed by atoms with Crippen LogP contribution >= 0.6 is 23.2 Å². The average molecular weight is 249 g/mol. The first-order chi connectivity index (χ1) is 7.15. The molecule has 1 saturated heterocycles. The number of rotatable bonds is 2. The van der Waals surface area contributed by atoms with Gasteiger partial charge >= 0.3 is 0 Å². The van der Waals surface area contributed by atoms with Gasteiger partial charge in [-0.1, -0.05) is 6.92 Å². The van der Waals surface area contributed by atoms with Gasteiger partial charge in [-0.2, -0.15) is 15.0 Å². The van der Waals surface area contributed by atoms with Crippen molar-refractivity contribution >= 4 is 29.2 Å². The van der Waals surface area contributed by atoms with E-state index in [1.807, 2.05) is 0 Å². The van der Waals surface area contributed by atoms with Gasteiger partial charge in [-0.15, -0.1) is 0 Å². The lowest BCUT2D eigenvalue weighted by atomic mass is 10.1. The van der Waals surface area contributed by atoms with E-state index in [-0.39, 0.29) is 16.6 Å². The third-order valence-corrected chi connectivity index (χ3v) is 2.60. The van der Waals surface area contributed by atoms with E-state index in [2.05, 4.69) is 27.2 Å². The Morgan fingerprint density at radius 2 is 1.87 bits per heavy atom. The fourth-order valence-electron chi connectivity index (χ4n) is 1.40. The minimum absolute atomic E-state index is 0.0871. The summed E-state index contributed by atoms with van der Waals surface area (Å²) in [6.45, 7) is 3.47. The van der Waals surface area contributed by atoms with Gasteiger partial charge in [0.05, 0.1) is 19.3 Å². The van der Waals surface area contributed by atoms with Gasteiger partial charge in [-0.25, -0.2) is 0 Å². The molecule has 0 amide bonds. The van der Waals surface area contributed by atoms with Gasteiger partial charge in [0.25, 0.3) is 0 Å². The van der Waals surface area contributed by atoms with E-state index in [4.69, 9.17) is 27.9 Å². The number of aromatic nitrogens is 3. The van der Waals surface area contributed by atoms with Crippen LogP contribution in [0.15, 0.2) is 0 Å². The lowest BCUT2D eigenvalue weighted by molar-refractivity contribution is 0.187. The zero-order valence-corrected chi connectivity index (χ0v) is 9.59. The summed E-state index contributed by atoms with van der Waals surface area (Å²) in [4.78, 5) is 11.5. The van der Waals surface area contributed by atoms with Crippen molar-refractivity contribution in [1.82, 2.24) is 15.0 Å². The molecule has 82 valence electrons. The van der Waals surface area contributed by atoms with Crippen LogP contribution in [0.3, 0.4) is 0 Å². The van der Waals surface area contributed by atoms with Crippen LogP contribution in [-0.4, -0.2) is 34.2 Å². The fraction of sp³-hybridized carbons (Fsp3) is 0.625. The zero-order chi connectivity index (χ0) is 10.8. The van der Waals surface area contributed by atoms with Crippen LogP contribution in [0.25, 0.3) is 0 Å². The molecule has 0 aromatic carbocycles. The molecule has 1 aromatic heterocycles. The van der Waals surface area contributed by atoms with E-state index in [0.29, 0.717) is 18.5 Å². The van der Waals surface area contributed by atoms with Crippen molar-refractivity contribution in [1.29, 1.82) is 0 Å². The molecule has 1 aliphatic heterocycles. The number of hydrogen-bond acceptors (Lipinski definition) is 5. The molecule has 0 spiro atoms. The van der Waals surface area contributed by atoms with E-state index in [9.17, 15) is 0 Å². The molecule has 0 saturated carbocycles. The second-order valence-corrected chi connectivity index (χ2v) is 4.14. The Labute approximate surface area is 97.2 Å². The highest BCUT2D eigenvalue weighted by molar-refractivity contribution is 6.31. The Bertz CT molecular complexity index is 342. The van der Waals surface area contributed by atoms with Gasteiger partial charge in [-0.3, -0.25) is 0 Å². The van der Waals surface area contributed by atoms with Gasteiger partial charge in [0.1, 0.15) is 0 Å². The van der Waals surface area contributed by atoms with E-state index < -0.39 is 0 Å². The van der Waals surface area contributed by atoms with Crippen molar-refractivity contribution in [3.05, 3.63) is 10.6 Å². The van der Waals surface area contributed by atoms with Crippen molar-refractivity contribution in [2.24, 2.45) is 5.92 Å². The van der Waals surface area contributed by atoms with Gasteiger partial charge in [0.15, 0.2) is 0 Å². The molecule has 1 aromatic rings. The van der Waals surface area contributed by atoms with Crippen LogP contribution in [0.5, 0.6) is 0 Å². The number of ether oxygens (including phenoxy) is 1. The number of hydrogen-bond donors (Lipinski definition) is 1. The second kappa shape index (κ2) is 4.47. The van der Waals surface area contributed by atoms with Gasteiger partial charge in [0, 0.05) is 5.92 Å². The van der Waals surface area contributed by atoms with E-state index >= 15 is 0 Å². The maximum Gasteiger partial charge on any atom is 0.228 e. The SMILES string of the molecule is C[C@H]1COCC1Nc1nc(Cl)nc(Cl)n1. The van der Waals surface area contributed by atoms with Crippen LogP contribution in [0.1, 0.15) is 6.92 Å². The molecule has 1 fully saturated rings. The monoisotopic (exact) mass is 248 g/mol. The normalized spacial score (nSPS) is 25.5. The van der Waals surface area contributed by atoms with Crippen molar-refractivity contribution < 1.29 is 4.74 Å². The topological polar surface area (TPSA) is 59.9 Å².